The third-order valence-corrected chi connectivity index (χ3v) is 4.36. The van der Waals surface area contributed by atoms with E-state index in [0.29, 0.717) is 10.0 Å². The average Bonchev–Trinajstić information content (AvgIpc) is 2.46. The number of aryl methyl sites for hydroxylation is 2. The zero-order valence-electron chi connectivity index (χ0n) is 12.7. The van der Waals surface area contributed by atoms with E-state index < -0.39 is 0 Å². The van der Waals surface area contributed by atoms with Crippen molar-refractivity contribution in [2.75, 3.05) is 6.54 Å². The molecule has 3 heteroatoms. The average molecular weight is 322 g/mol. The highest BCUT2D eigenvalue weighted by atomic mass is 35.5. The first-order chi connectivity index (χ1) is 10.0. The highest BCUT2D eigenvalue weighted by Crippen LogP contribution is 2.30. The summed E-state index contributed by atoms with van der Waals surface area (Å²) in [5.74, 6) is 0. The fourth-order valence-corrected chi connectivity index (χ4v) is 2.77. The third-order valence-electron chi connectivity index (χ3n) is 3.62. The number of halogens is 2. The molecule has 112 valence electrons. The van der Waals surface area contributed by atoms with Gasteiger partial charge in [0.2, 0.25) is 0 Å². The smallest absolute Gasteiger partial charge is 0.0595 e. The van der Waals surface area contributed by atoms with Crippen LogP contribution in [0.2, 0.25) is 10.0 Å². The molecule has 21 heavy (non-hydrogen) atoms. The maximum Gasteiger partial charge on any atom is 0.0595 e. The van der Waals surface area contributed by atoms with Crippen LogP contribution in [0, 0.1) is 13.8 Å². The molecule has 0 amide bonds. The zero-order valence-corrected chi connectivity index (χ0v) is 14.2. The minimum absolute atomic E-state index is 0.139. The quantitative estimate of drug-likeness (QED) is 0.744. The Balaban J connectivity index is 2.46. The zero-order chi connectivity index (χ0) is 15.4. The van der Waals surface area contributed by atoms with Gasteiger partial charge in [-0.3, -0.25) is 0 Å². The molecule has 0 bridgehead atoms. The minimum Gasteiger partial charge on any atom is -0.306 e. The molecule has 1 nitrogen and oxygen atoms in total. The molecular formula is C18H21Cl2N. The first-order valence-corrected chi connectivity index (χ1v) is 8.04. The van der Waals surface area contributed by atoms with Gasteiger partial charge in [-0.15, -0.1) is 0 Å². The molecule has 0 radical (unpaired) electrons. The van der Waals surface area contributed by atoms with Crippen molar-refractivity contribution in [1.82, 2.24) is 5.32 Å². The first kappa shape index (κ1) is 16.4. The molecule has 0 aromatic heterocycles. The van der Waals surface area contributed by atoms with Gasteiger partial charge in [0.15, 0.2) is 0 Å². The SMILES string of the molecule is CCCNC(c1ccc(Cl)c(Cl)c1)c1cc(C)ccc1C. The third kappa shape index (κ3) is 4.00. The van der Waals surface area contributed by atoms with Gasteiger partial charge in [0, 0.05) is 0 Å². The van der Waals surface area contributed by atoms with Crippen LogP contribution in [0.15, 0.2) is 36.4 Å². The van der Waals surface area contributed by atoms with Gasteiger partial charge in [-0.2, -0.15) is 0 Å². The summed E-state index contributed by atoms with van der Waals surface area (Å²) in [7, 11) is 0. The van der Waals surface area contributed by atoms with Gasteiger partial charge in [-0.1, -0.05) is 60.0 Å². The number of hydrogen-bond donors (Lipinski definition) is 1. The molecule has 1 N–H and O–H groups in total. The van der Waals surface area contributed by atoms with Crippen LogP contribution < -0.4 is 5.32 Å². The van der Waals surface area contributed by atoms with Crippen LogP contribution >= 0.6 is 23.2 Å². The van der Waals surface area contributed by atoms with Crippen molar-refractivity contribution in [3.05, 3.63) is 68.7 Å². The van der Waals surface area contributed by atoms with Gasteiger partial charge in [-0.25, -0.2) is 0 Å². The standard InChI is InChI=1S/C18H21Cl2N/c1-4-9-21-18(14-7-8-16(19)17(20)11-14)15-10-12(2)5-6-13(15)3/h5-8,10-11,18,21H,4,9H2,1-3H3. The van der Waals surface area contributed by atoms with Crippen LogP contribution in [0.4, 0.5) is 0 Å². The molecule has 0 aliphatic heterocycles. The Kier molecular flexibility index (Phi) is 5.69. The van der Waals surface area contributed by atoms with Crippen molar-refractivity contribution in [2.24, 2.45) is 0 Å². The highest BCUT2D eigenvalue weighted by Gasteiger charge is 2.16. The molecule has 0 saturated carbocycles. The second kappa shape index (κ2) is 7.31. The summed E-state index contributed by atoms with van der Waals surface area (Å²) >= 11 is 12.2. The Morgan fingerprint density at radius 2 is 1.76 bits per heavy atom. The van der Waals surface area contributed by atoms with Crippen molar-refractivity contribution in [3.8, 4) is 0 Å². The van der Waals surface area contributed by atoms with Gasteiger partial charge < -0.3 is 5.32 Å². The number of nitrogens with one attached hydrogen (secondary N) is 1. The fourth-order valence-electron chi connectivity index (χ4n) is 2.46. The van der Waals surface area contributed by atoms with Crippen LogP contribution in [0.25, 0.3) is 0 Å². The molecule has 0 fully saturated rings. The number of hydrogen-bond acceptors (Lipinski definition) is 1. The Bertz CT molecular complexity index is 623. The normalized spacial score (nSPS) is 12.4. The van der Waals surface area contributed by atoms with Crippen molar-refractivity contribution in [3.63, 3.8) is 0 Å². The van der Waals surface area contributed by atoms with E-state index in [1.165, 1.54) is 16.7 Å². The van der Waals surface area contributed by atoms with E-state index in [0.717, 1.165) is 18.5 Å². The lowest BCUT2D eigenvalue weighted by Crippen LogP contribution is -2.24. The van der Waals surface area contributed by atoms with Crippen molar-refractivity contribution >= 4 is 23.2 Å². The predicted molar refractivity (Wildman–Crippen MR) is 92.5 cm³/mol. The molecule has 0 heterocycles. The summed E-state index contributed by atoms with van der Waals surface area (Å²) in [5.41, 5.74) is 4.98. The Morgan fingerprint density at radius 1 is 1.00 bits per heavy atom. The molecule has 2 rings (SSSR count). The molecule has 2 aromatic rings. The molecule has 0 aliphatic rings. The molecule has 1 unspecified atom stereocenters. The van der Waals surface area contributed by atoms with E-state index >= 15 is 0 Å². The monoisotopic (exact) mass is 321 g/mol. The van der Waals surface area contributed by atoms with Crippen molar-refractivity contribution in [2.45, 2.75) is 33.2 Å². The van der Waals surface area contributed by atoms with Crippen LogP contribution in [-0.4, -0.2) is 6.54 Å². The number of benzene rings is 2. The summed E-state index contributed by atoms with van der Waals surface area (Å²) < 4.78 is 0. The van der Waals surface area contributed by atoms with Crippen LogP contribution in [0.1, 0.15) is 41.6 Å². The lowest BCUT2D eigenvalue weighted by molar-refractivity contribution is 0.596. The van der Waals surface area contributed by atoms with Crippen LogP contribution in [0.3, 0.4) is 0 Å². The van der Waals surface area contributed by atoms with Crippen molar-refractivity contribution in [1.29, 1.82) is 0 Å². The highest BCUT2D eigenvalue weighted by molar-refractivity contribution is 6.42. The van der Waals surface area contributed by atoms with Gasteiger partial charge in [0.25, 0.3) is 0 Å². The Labute approximate surface area is 137 Å². The second-order valence-electron chi connectivity index (χ2n) is 5.42. The van der Waals surface area contributed by atoms with Gasteiger partial charge >= 0.3 is 0 Å². The van der Waals surface area contributed by atoms with Gasteiger partial charge in [0.1, 0.15) is 0 Å². The largest absolute Gasteiger partial charge is 0.306 e. The maximum absolute atomic E-state index is 6.19. The molecule has 2 aromatic carbocycles. The first-order valence-electron chi connectivity index (χ1n) is 7.28. The summed E-state index contributed by atoms with van der Waals surface area (Å²) in [5, 5.41) is 4.81. The lowest BCUT2D eigenvalue weighted by atomic mass is 9.93. The molecule has 0 saturated heterocycles. The summed E-state index contributed by atoms with van der Waals surface area (Å²) in [6, 6.07) is 12.6. The summed E-state index contributed by atoms with van der Waals surface area (Å²) in [4.78, 5) is 0. The minimum atomic E-state index is 0.139. The van der Waals surface area contributed by atoms with E-state index in [-0.39, 0.29) is 6.04 Å². The predicted octanol–water partition coefficient (Wildman–Crippen LogP) is 5.70. The van der Waals surface area contributed by atoms with Gasteiger partial charge in [0.05, 0.1) is 16.1 Å². The lowest BCUT2D eigenvalue weighted by Gasteiger charge is -2.22. The van der Waals surface area contributed by atoms with E-state index in [1.807, 2.05) is 18.2 Å². The van der Waals surface area contributed by atoms with Gasteiger partial charge in [-0.05, 0) is 55.6 Å². The van der Waals surface area contributed by atoms with E-state index in [4.69, 9.17) is 23.2 Å². The second-order valence-corrected chi connectivity index (χ2v) is 6.24. The molecular weight excluding hydrogens is 301 g/mol. The number of rotatable bonds is 5. The van der Waals surface area contributed by atoms with E-state index in [2.05, 4.69) is 44.3 Å². The van der Waals surface area contributed by atoms with E-state index in [1.54, 1.807) is 0 Å². The Morgan fingerprint density at radius 3 is 2.43 bits per heavy atom. The maximum atomic E-state index is 6.19. The van der Waals surface area contributed by atoms with E-state index in [9.17, 15) is 0 Å². The Hall–Kier alpha value is -1.02. The topological polar surface area (TPSA) is 12.0 Å². The summed E-state index contributed by atoms with van der Waals surface area (Å²) in [6.07, 6.45) is 1.09. The fraction of sp³-hybridized carbons (Fsp3) is 0.333. The molecule has 1 atom stereocenters. The molecule has 0 aliphatic carbocycles. The van der Waals surface area contributed by atoms with Crippen LogP contribution in [-0.2, 0) is 0 Å². The van der Waals surface area contributed by atoms with Crippen LogP contribution in [0.5, 0.6) is 0 Å². The molecule has 0 spiro atoms. The van der Waals surface area contributed by atoms with Crippen molar-refractivity contribution < 1.29 is 0 Å². The summed E-state index contributed by atoms with van der Waals surface area (Å²) in [6.45, 7) is 7.39.